The van der Waals surface area contributed by atoms with E-state index in [2.05, 4.69) is 38.5 Å². The van der Waals surface area contributed by atoms with Crippen LogP contribution in [0.15, 0.2) is 54.7 Å². The van der Waals surface area contributed by atoms with E-state index in [-0.39, 0.29) is 6.03 Å². The number of aromatic nitrogens is 3. The molecule has 2 N–H and O–H groups in total. The highest BCUT2D eigenvalue weighted by atomic mass is 16.2. The van der Waals surface area contributed by atoms with Crippen LogP contribution >= 0.6 is 0 Å². The van der Waals surface area contributed by atoms with Crippen molar-refractivity contribution >= 4 is 17.5 Å². The molecule has 7 heteroatoms. The van der Waals surface area contributed by atoms with Crippen molar-refractivity contribution in [2.45, 2.75) is 33.1 Å². The number of benzene rings is 1. The normalized spacial score (nSPS) is 15.9. The van der Waals surface area contributed by atoms with Gasteiger partial charge in [0, 0.05) is 43.3 Å². The standard InChI is InChI=1S/C25H30N6O/c1-3-20-15-23(30-24(28-20)22-8-4-5-13-26-22)31-14-6-7-19(17-31)16-27-25(32)29-21-11-9-18(2)10-12-21/h4-5,8-13,15,19H,3,6-7,14,16-17H2,1-2H3,(H2,27,29,32). The van der Waals surface area contributed by atoms with E-state index < -0.39 is 0 Å². The van der Waals surface area contributed by atoms with Gasteiger partial charge in [-0.05, 0) is 56.4 Å². The second kappa shape index (κ2) is 10.2. The molecule has 4 rings (SSSR count). The fourth-order valence-electron chi connectivity index (χ4n) is 3.92. The zero-order valence-electron chi connectivity index (χ0n) is 18.7. The third-order valence-electron chi connectivity index (χ3n) is 5.73. The second-order valence-corrected chi connectivity index (χ2v) is 8.26. The largest absolute Gasteiger partial charge is 0.356 e. The Labute approximate surface area is 189 Å². The van der Waals surface area contributed by atoms with Crippen LogP contribution in [0.4, 0.5) is 16.3 Å². The summed E-state index contributed by atoms with van der Waals surface area (Å²) < 4.78 is 0. The lowest BCUT2D eigenvalue weighted by atomic mass is 9.98. The van der Waals surface area contributed by atoms with Gasteiger partial charge in [-0.2, -0.15) is 0 Å². The average Bonchev–Trinajstić information content (AvgIpc) is 2.84. The van der Waals surface area contributed by atoms with Crippen LogP contribution in [0.3, 0.4) is 0 Å². The minimum Gasteiger partial charge on any atom is -0.356 e. The maximum atomic E-state index is 12.3. The van der Waals surface area contributed by atoms with E-state index in [1.54, 1.807) is 6.20 Å². The van der Waals surface area contributed by atoms with Crippen molar-refractivity contribution < 1.29 is 4.79 Å². The highest BCUT2D eigenvalue weighted by molar-refractivity contribution is 5.89. The Balaban J connectivity index is 1.39. The van der Waals surface area contributed by atoms with Crippen molar-refractivity contribution in [1.82, 2.24) is 20.3 Å². The summed E-state index contributed by atoms with van der Waals surface area (Å²) in [5.41, 5.74) is 3.76. The highest BCUT2D eigenvalue weighted by Crippen LogP contribution is 2.24. The summed E-state index contributed by atoms with van der Waals surface area (Å²) in [6.45, 7) is 6.57. The Bertz CT molecular complexity index is 1040. The number of nitrogens with one attached hydrogen (secondary N) is 2. The number of amides is 2. The molecule has 0 saturated carbocycles. The van der Waals surface area contributed by atoms with E-state index in [0.29, 0.717) is 18.3 Å². The van der Waals surface area contributed by atoms with E-state index >= 15 is 0 Å². The van der Waals surface area contributed by atoms with Gasteiger partial charge < -0.3 is 15.5 Å². The van der Waals surface area contributed by atoms with E-state index in [9.17, 15) is 4.79 Å². The summed E-state index contributed by atoms with van der Waals surface area (Å²) in [6.07, 6.45) is 4.75. The molecular formula is C25H30N6O. The molecule has 32 heavy (non-hydrogen) atoms. The van der Waals surface area contributed by atoms with Crippen LogP contribution in [0.2, 0.25) is 0 Å². The number of piperidine rings is 1. The number of nitrogens with zero attached hydrogens (tertiary/aromatic N) is 4. The van der Waals surface area contributed by atoms with Gasteiger partial charge >= 0.3 is 6.03 Å². The molecule has 1 aromatic carbocycles. The number of hydrogen-bond acceptors (Lipinski definition) is 5. The van der Waals surface area contributed by atoms with Crippen molar-refractivity contribution in [3.05, 3.63) is 66.0 Å². The minimum absolute atomic E-state index is 0.168. The maximum absolute atomic E-state index is 12.3. The Hall–Kier alpha value is -3.48. The van der Waals surface area contributed by atoms with Crippen molar-refractivity contribution in [2.75, 3.05) is 29.9 Å². The molecule has 1 unspecified atom stereocenters. The topological polar surface area (TPSA) is 83.0 Å². The number of hydrogen-bond donors (Lipinski definition) is 2. The number of urea groups is 1. The number of rotatable bonds is 6. The molecule has 2 aromatic heterocycles. The first-order valence-corrected chi connectivity index (χ1v) is 11.3. The van der Waals surface area contributed by atoms with Crippen LogP contribution in [0, 0.1) is 12.8 Å². The van der Waals surface area contributed by atoms with Crippen molar-refractivity contribution in [3.63, 3.8) is 0 Å². The molecule has 1 aliphatic heterocycles. The highest BCUT2D eigenvalue weighted by Gasteiger charge is 2.22. The smallest absolute Gasteiger partial charge is 0.319 e. The Morgan fingerprint density at radius 3 is 2.75 bits per heavy atom. The van der Waals surface area contributed by atoms with Crippen LogP contribution in [0.1, 0.15) is 31.0 Å². The predicted octanol–water partition coefficient (Wildman–Crippen LogP) is 4.45. The lowest BCUT2D eigenvalue weighted by molar-refractivity contribution is 0.249. The molecule has 0 spiro atoms. The monoisotopic (exact) mass is 430 g/mol. The number of pyridine rings is 1. The molecule has 1 fully saturated rings. The van der Waals surface area contributed by atoms with E-state index in [1.807, 2.05) is 49.4 Å². The molecule has 2 amide bonds. The molecule has 3 aromatic rings. The van der Waals surface area contributed by atoms with Gasteiger partial charge in [-0.25, -0.2) is 14.8 Å². The summed E-state index contributed by atoms with van der Waals surface area (Å²) in [4.78, 5) is 28.5. The summed E-state index contributed by atoms with van der Waals surface area (Å²) >= 11 is 0. The summed E-state index contributed by atoms with van der Waals surface area (Å²) in [6, 6.07) is 15.5. The molecule has 7 nitrogen and oxygen atoms in total. The number of carbonyl (C=O) groups is 1. The molecule has 1 aliphatic rings. The first kappa shape index (κ1) is 21.7. The third kappa shape index (κ3) is 5.60. The first-order chi connectivity index (χ1) is 15.6. The van der Waals surface area contributed by atoms with Crippen LogP contribution in [0.25, 0.3) is 11.5 Å². The van der Waals surface area contributed by atoms with Gasteiger partial charge in [0.05, 0.1) is 0 Å². The number of carbonyl (C=O) groups excluding carboxylic acids is 1. The number of aryl methyl sites for hydroxylation is 2. The Morgan fingerprint density at radius 2 is 2.00 bits per heavy atom. The predicted molar refractivity (Wildman–Crippen MR) is 128 cm³/mol. The van der Waals surface area contributed by atoms with Gasteiger partial charge in [0.25, 0.3) is 0 Å². The first-order valence-electron chi connectivity index (χ1n) is 11.3. The van der Waals surface area contributed by atoms with Gasteiger partial charge in [0.1, 0.15) is 11.5 Å². The zero-order chi connectivity index (χ0) is 22.3. The van der Waals surface area contributed by atoms with Crippen LogP contribution in [0.5, 0.6) is 0 Å². The second-order valence-electron chi connectivity index (χ2n) is 8.26. The fraction of sp³-hybridized carbons (Fsp3) is 0.360. The fourth-order valence-corrected chi connectivity index (χ4v) is 3.92. The molecule has 1 atom stereocenters. The molecule has 0 radical (unpaired) electrons. The summed E-state index contributed by atoms with van der Waals surface area (Å²) in [5.74, 6) is 1.97. The zero-order valence-corrected chi connectivity index (χ0v) is 18.7. The van der Waals surface area contributed by atoms with E-state index in [4.69, 9.17) is 4.98 Å². The van der Waals surface area contributed by atoms with Gasteiger partial charge in [-0.3, -0.25) is 4.98 Å². The lowest BCUT2D eigenvalue weighted by Crippen LogP contribution is -2.42. The van der Waals surface area contributed by atoms with Crippen molar-refractivity contribution in [3.8, 4) is 11.5 Å². The Morgan fingerprint density at radius 1 is 1.16 bits per heavy atom. The molecule has 3 heterocycles. The van der Waals surface area contributed by atoms with Crippen molar-refractivity contribution in [1.29, 1.82) is 0 Å². The van der Waals surface area contributed by atoms with E-state index in [0.717, 1.165) is 55.2 Å². The summed E-state index contributed by atoms with van der Waals surface area (Å²) in [5, 5.41) is 5.93. The van der Waals surface area contributed by atoms with E-state index in [1.165, 1.54) is 5.56 Å². The molecule has 0 bridgehead atoms. The van der Waals surface area contributed by atoms with Crippen LogP contribution < -0.4 is 15.5 Å². The lowest BCUT2D eigenvalue weighted by Gasteiger charge is -2.34. The minimum atomic E-state index is -0.168. The summed E-state index contributed by atoms with van der Waals surface area (Å²) in [7, 11) is 0. The average molecular weight is 431 g/mol. The maximum Gasteiger partial charge on any atom is 0.319 e. The van der Waals surface area contributed by atoms with Crippen LogP contribution in [-0.2, 0) is 6.42 Å². The molecule has 166 valence electrons. The SMILES string of the molecule is CCc1cc(N2CCCC(CNC(=O)Nc3ccc(C)cc3)C2)nc(-c2ccccn2)n1. The quantitative estimate of drug-likeness (QED) is 0.604. The number of anilines is 2. The van der Waals surface area contributed by atoms with Gasteiger partial charge in [-0.15, -0.1) is 0 Å². The van der Waals surface area contributed by atoms with Gasteiger partial charge in [0.15, 0.2) is 5.82 Å². The van der Waals surface area contributed by atoms with Gasteiger partial charge in [0.2, 0.25) is 0 Å². The molecule has 0 aliphatic carbocycles. The van der Waals surface area contributed by atoms with Gasteiger partial charge in [-0.1, -0.05) is 30.7 Å². The van der Waals surface area contributed by atoms with Crippen molar-refractivity contribution in [2.24, 2.45) is 5.92 Å². The Kier molecular flexibility index (Phi) is 6.94. The molecular weight excluding hydrogens is 400 g/mol. The van der Waals surface area contributed by atoms with Crippen LogP contribution in [-0.4, -0.2) is 40.6 Å². The molecule has 1 saturated heterocycles. The third-order valence-corrected chi connectivity index (χ3v) is 5.73.